The molecule has 0 saturated heterocycles. The fourth-order valence-electron chi connectivity index (χ4n) is 0. The number of hydrogen-bond donors (Lipinski definition) is 0. The zero-order valence-electron chi connectivity index (χ0n) is 6.00. The van der Waals surface area contributed by atoms with Gasteiger partial charge in [0.1, 0.15) is 0 Å². The molecule has 0 heterocycles. The van der Waals surface area contributed by atoms with Crippen molar-refractivity contribution in [2.24, 2.45) is 0 Å². The maximum absolute atomic E-state index is 0. The van der Waals surface area contributed by atoms with Gasteiger partial charge in [0.15, 0.2) is 0 Å². The van der Waals surface area contributed by atoms with Crippen molar-refractivity contribution in [3.63, 3.8) is 0 Å². The Hall–Kier alpha value is 5.55. The molecular formula is H6GaK3. The molecule has 0 aliphatic carbocycles. The molecule has 0 aliphatic heterocycles. The summed E-state index contributed by atoms with van der Waals surface area (Å²) in [5.74, 6) is 0. The van der Waals surface area contributed by atoms with Crippen LogP contribution in [-0.4, -0.2) is 19.8 Å². The summed E-state index contributed by atoms with van der Waals surface area (Å²) in [4.78, 5) is 0. The number of rotatable bonds is 0. The van der Waals surface area contributed by atoms with Crippen molar-refractivity contribution in [1.82, 2.24) is 0 Å². The van der Waals surface area contributed by atoms with Crippen LogP contribution in [0.4, 0.5) is 0 Å². The molecule has 0 unspecified atom stereocenters. The van der Waals surface area contributed by atoms with Crippen LogP contribution in [0.2, 0.25) is 0 Å². The van der Waals surface area contributed by atoms with Gasteiger partial charge in [-0.15, -0.1) is 0 Å². The maximum Gasteiger partial charge on any atom is 1.00 e. The zero-order valence-corrected chi connectivity index (χ0v) is 12.4. The van der Waals surface area contributed by atoms with Gasteiger partial charge in [-0.25, -0.2) is 0 Å². The zero-order chi connectivity index (χ0) is 0. The molecule has 0 atom stereocenters. The van der Waals surface area contributed by atoms with E-state index < -0.39 is 0 Å². The molecule has 0 bridgehead atoms. The van der Waals surface area contributed by atoms with Gasteiger partial charge < -0.3 is 4.28 Å². The summed E-state index contributed by atoms with van der Waals surface area (Å²) in [6.45, 7) is 0. The van der Waals surface area contributed by atoms with Gasteiger partial charge in [0, 0.05) is 0 Å². The van der Waals surface area contributed by atoms with Gasteiger partial charge in [0.05, 0.1) is 0 Å². The Bertz CT molecular complexity index is 10.1. The molecule has 0 aromatic carbocycles. The van der Waals surface area contributed by atoms with Gasteiger partial charge >= 0.3 is 174 Å². The monoisotopic (exact) mass is 192 g/mol. The second kappa shape index (κ2) is 15.8. The quantitative estimate of drug-likeness (QED) is 0.335. The van der Waals surface area contributed by atoms with E-state index >= 15 is 0 Å². The van der Waals surface area contributed by atoms with Crippen LogP contribution >= 0.6 is 0 Å². The minimum atomic E-state index is 0. The molecule has 0 rings (SSSR count). The molecule has 0 aromatic heterocycles. The van der Waals surface area contributed by atoms with Crippen molar-refractivity contribution in [3.8, 4) is 0 Å². The molecule has 0 saturated carbocycles. The predicted molar refractivity (Wildman–Crippen MR) is 13.3 cm³/mol. The molecule has 0 N–H and O–H groups in total. The summed E-state index contributed by atoms with van der Waals surface area (Å²) in [6.07, 6.45) is 0. The second-order valence-electron chi connectivity index (χ2n) is 0. The van der Waals surface area contributed by atoms with E-state index in [1.807, 2.05) is 0 Å². The van der Waals surface area contributed by atoms with E-state index in [9.17, 15) is 0 Å². The summed E-state index contributed by atoms with van der Waals surface area (Å²) in [5.41, 5.74) is 0. The molecule has 4 heteroatoms. The third kappa shape index (κ3) is 10.5. The van der Waals surface area contributed by atoms with Crippen molar-refractivity contribution >= 4 is 19.8 Å². The molecular weight excluding hydrogens is 187 g/mol. The summed E-state index contributed by atoms with van der Waals surface area (Å²) in [5, 5.41) is 0. The third-order valence-electron chi connectivity index (χ3n) is 0. The van der Waals surface area contributed by atoms with Crippen LogP contribution in [0.25, 0.3) is 0 Å². The third-order valence-corrected chi connectivity index (χ3v) is 0. The normalized spacial score (nSPS) is 0. The molecule has 0 spiro atoms. The summed E-state index contributed by atoms with van der Waals surface area (Å²) < 4.78 is 0. The maximum atomic E-state index is 0. The molecule has 0 radical (unpaired) electrons. The van der Waals surface area contributed by atoms with E-state index in [4.69, 9.17) is 0 Å². The molecule has 0 nitrogen and oxygen atoms in total. The van der Waals surface area contributed by atoms with E-state index in [-0.39, 0.29) is 178 Å². The average Bonchev–Trinajstić information content (AvgIpc) is 0. The van der Waals surface area contributed by atoms with Crippen LogP contribution in [0, 0.1) is 0 Å². The van der Waals surface area contributed by atoms with Gasteiger partial charge in [-0.2, -0.15) is 0 Å². The Morgan fingerprint density at radius 3 is 0.750 bits per heavy atom. The van der Waals surface area contributed by atoms with Crippen LogP contribution in [0.3, 0.4) is 0 Å². The Morgan fingerprint density at radius 1 is 0.750 bits per heavy atom. The van der Waals surface area contributed by atoms with E-state index in [1.165, 1.54) is 0 Å². The van der Waals surface area contributed by atoms with Crippen LogP contribution in [0.15, 0.2) is 0 Å². The Kier molecular flexibility index (Phi) is 89.7. The fourth-order valence-corrected chi connectivity index (χ4v) is 0. The van der Waals surface area contributed by atoms with Gasteiger partial charge in [-0.3, -0.25) is 0 Å². The topological polar surface area (TPSA) is 0 Å². The van der Waals surface area contributed by atoms with E-state index in [2.05, 4.69) is 0 Å². The molecule has 12 valence electrons. The first-order chi connectivity index (χ1) is 0. The first kappa shape index (κ1) is 22.7. The largest absolute Gasteiger partial charge is 1.00 e. The molecule has 0 aromatic rings. The average molecular weight is 193 g/mol. The number of hydrogen-bond acceptors (Lipinski definition) is 0. The molecule has 0 amide bonds. The van der Waals surface area contributed by atoms with Crippen molar-refractivity contribution in [2.75, 3.05) is 0 Å². The second-order valence-corrected chi connectivity index (χ2v) is 0. The minimum Gasteiger partial charge on any atom is -1.00 e. The van der Waals surface area contributed by atoms with Crippen LogP contribution in [0.1, 0.15) is 4.28 Å². The summed E-state index contributed by atoms with van der Waals surface area (Å²) in [6, 6.07) is 0. The Balaban J connectivity index is 0. The Labute approximate surface area is 172 Å². The first-order valence-corrected chi connectivity index (χ1v) is 0. The molecule has 0 fully saturated rings. The van der Waals surface area contributed by atoms with Crippen molar-refractivity contribution in [3.05, 3.63) is 0 Å². The molecule has 0 aliphatic rings. The minimum absolute atomic E-state index is 0. The van der Waals surface area contributed by atoms with Gasteiger partial charge in [-0.1, -0.05) is 0 Å². The van der Waals surface area contributed by atoms with E-state index in [0.717, 1.165) is 0 Å². The van der Waals surface area contributed by atoms with Crippen molar-refractivity contribution < 1.29 is 158 Å². The summed E-state index contributed by atoms with van der Waals surface area (Å²) >= 11 is 0. The Morgan fingerprint density at radius 2 is 0.750 bits per heavy atom. The predicted octanol–water partition coefficient (Wildman–Crippen LogP) is -9.83. The smallest absolute Gasteiger partial charge is 1.00 e. The SMILES string of the molecule is [GaH3].[H-].[H-].[H-].[K+].[K+].[K+]. The van der Waals surface area contributed by atoms with Crippen molar-refractivity contribution in [2.45, 2.75) is 0 Å². The van der Waals surface area contributed by atoms with Gasteiger partial charge in [-0.05, 0) is 0 Å². The van der Waals surface area contributed by atoms with Crippen LogP contribution in [0.5, 0.6) is 0 Å². The molecule has 4 heavy (non-hydrogen) atoms. The van der Waals surface area contributed by atoms with Gasteiger partial charge in [0.2, 0.25) is 0 Å². The fraction of sp³-hybridized carbons (Fsp3) is 0. The van der Waals surface area contributed by atoms with Crippen LogP contribution < -0.4 is 154 Å². The van der Waals surface area contributed by atoms with Gasteiger partial charge in [0.25, 0.3) is 0 Å². The van der Waals surface area contributed by atoms with E-state index in [1.54, 1.807) is 0 Å². The van der Waals surface area contributed by atoms with Crippen molar-refractivity contribution in [1.29, 1.82) is 0 Å². The van der Waals surface area contributed by atoms with Crippen LogP contribution in [-0.2, 0) is 0 Å². The van der Waals surface area contributed by atoms with E-state index in [0.29, 0.717) is 0 Å². The first-order valence-electron chi connectivity index (χ1n) is 0. The standard InChI is InChI=1S/Ga.3K.6H/q;3*+1;;;;3*-1. The summed E-state index contributed by atoms with van der Waals surface area (Å²) in [7, 11) is 0.